The molecular formula is C26H23F6NO4. The lowest BCUT2D eigenvalue weighted by Gasteiger charge is -2.21. The largest absolute Gasteiger partial charge is 0.416 e. The first-order valence-electron chi connectivity index (χ1n) is 11.6. The molecule has 3 aliphatic rings. The highest BCUT2D eigenvalue weighted by molar-refractivity contribution is 5.87. The van der Waals surface area contributed by atoms with Gasteiger partial charge in [-0.1, -0.05) is 11.5 Å². The monoisotopic (exact) mass is 527 g/mol. The van der Waals surface area contributed by atoms with Crippen molar-refractivity contribution in [3.8, 4) is 0 Å². The Morgan fingerprint density at radius 1 is 1.05 bits per heavy atom. The molecule has 1 heterocycles. The number of hydroxylamine groups is 1. The van der Waals surface area contributed by atoms with Gasteiger partial charge in [-0.15, -0.1) is 0 Å². The van der Waals surface area contributed by atoms with Crippen LogP contribution in [0.2, 0.25) is 0 Å². The zero-order valence-corrected chi connectivity index (χ0v) is 19.5. The average molecular weight is 527 g/mol. The number of ether oxygens (including phenoxy) is 2. The molecule has 2 unspecified atom stereocenters. The molecule has 1 amide bonds. The van der Waals surface area contributed by atoms with Crippen LogP contribution in [-0.4, -0.2) is 24.9 Å². The summed E-state index contributed by atoms with van der Waals surface area (Å²) in [5.74, 6) is -0.483. The smallest absolute Gasteiger partial charge is 0.368 e. The SMILES string of the molecule is O=C(/C=C/C1=C=C=C2C(=C1)CCC2OCc1cc(C(F)(F)F)cc(C(F)(F)F)c1)NOC1CCCCO1. The van der Waals surface area contributed by atoms with Gasteiger partial charge in [-0.3, -0.25) is 4.79 Å². The summed E-state index contributed by atoms with van der Waals surface area (Å²) in [6.07, 6.45) is -2.66. The van der Waals surface area contributed by atoms with Crippen molar-refractivity contribution in [1.29, 1.82) is 0 Å². The van der Waals surface area contributed by atoms with Crippen molar-refractivity contribution in [3.05, 3.63) is 81.3 Å². The number of alkyl halides is 6. The number of carbonyl (C=O) groups excluding carboxylic acids is 1. The lowest BCUT2D eigenvalue weighted by Crippen LogP contribution is -2.32. The number of rotatable bonds is 7. The Morgan fingerprint density at radius 3 is 2.43 bits per heavy atom. The van der Waals surface area contributed by atoms with E-state index in [0.29, 0.717) is 49.1 Å². The molecule has 2 fully saturated rings. The summed E-state index contributed by atoms with van der Waals surface area (Å²) in [6.45, 7) is 0.146. The minimum atomic E-state index is -4.92. The van der Waals surface area contributed by atoms with E-state index in [0.717, 1.165) is 18.4 Å². The van der Waals surface area contributed by atoms with Gasteiger partial charge in [0, 0.05) is 30.2 Å². The quantitative estimate of drug-likeness (QED) is 0.202. The number of nitrogens with one attached hydrogen (secondary N) is 1. The summed E-state index contributed by atoms with van der Waals surface area (Å²) in [5.41, 5.74) is 7.16. The van der Waals surface area contributed by atoms with Crippen LogP contribution >= 0.6 is 0 Å². The van der Waals surface area contributed by atoms with Gasteiger partial charge >= 0.3 is 12.4 Å². The Kier molecular flexibility index (Phi) is 8.11. The highest BCUT2D eigenvalue weighted by atomic mass is 19.4. The van der Waals surface area contributed by atoms with Gasteiger partial charge in [0.2, 0.25) is 0 Å². The molecule has 5 nitrogen and oxygen atoms in total. The van der Waals surface area contributed by atoms with Gasteiger partial charge in [0.1, 0.15) is 0 Å². The van der Waals surface area contributed by atoms with Crippen LogP contribution in [0.5, 0.6) is 0 Å². The number of carbonyl (C=O) groups is 1. The lowest BCUT2D eigenvalue weighted by atomic mass is 10.0. The Hall–Kier alpha value is -3.07. The summed E-state index contributed by atoms with van der Waals surface area (Å²) in [6, 6.07) is 1.40. The highest BCUT2D eigenvalue weighted by Crippen LogP contribution is 2.38. The van der Waals surface area contributed by atoms with Gasteiger partial charge in [0.15, 0.2) is 6.29 Å². The van der Waals surface area contributed by atoms with Crippen LogP contribution in [0.3, 0.4) is 0 Å². The molecule has 2 atom stereocenters. The van der Waals surface area contributed by atoms with Crippen LogP contribution in [0.1, 0.15) is 48.8 Å². The number of amides is 1. The third-order valence-corrected chi connectivity index (χ3v) is 5.96. The van der Waals surface area contributed by atoms with Crippen molar-refractivity contribution in [1.82, 2.24) is 5.48 Å². The molecule has 1 N–H and O–H groups in total. The van der Waals surface area contributed by atoms with Crippen LogP contribution in [0.15, 0.2) is 64.6 Å². The van der Waals surface area contributed by atoms with Gasteiger partial charge < -0.3 is 9.47 Å². The molecule has 4 rings (SSSR count). The molecule has 2 aliphatic carbocycles. The predicted octanol–water partition coefficient (Wildman–Crippen LogP) is 6.08. The van der Waals surface area contributed by atoms with Crippen LogP contribution in [0, 0.1) is 0 Å². The first-order chi connectivity index (χ1) is 17.5. The van der Waals surface area contributed by atoms with Crippen LogP contribution in [0.25, 0.3) is 0 Å². The Bertz CT molecular complexity index is 1160. The predicted molar refractivity (Wildman–Crippen MR) is 118 cm³/mol. The zero-order chi connectivity index (χ0) is 26.6. The number of hydrogen-bond acceptors (Lipinski definition) is 4. The molecule has 0 bridgehead atoms. The number of fused-ring (bicyclic) bond motifs is 1. The highest BCUT2D eigenvalue weighted by Gasteiger charge is 2.37. The maximum atomic E-state index is 13.1. The fourth-order valence-electron chi connectivity index (χ4n) is 4.13. The van der Waals surface area contributed by atoms with Crippen molar-refractivity contribution < 1.29 is 45.4 Å². The van der Waals surface area contributed by atoms with Gasteiger partial charge in [0.25, 0.3) is 5.91 Å². The molecule has 1 saturated heterocycles. The Balaban J connectivity index is 1.40. The number of halogens is 6. The van der Waals surface area contributed by atoms with Crippen molar-refractivity contribution in [3.63, 3.8) is 0 Å². The van der Waals surface area contributed by atoms with Crippen LogP contribution < -0.4 is 5.48 Å². The molecule has 0 radical (unpaired) electrons. The molecular weight excluding hydrogens is 504 g/mol. The first-order valence-corrected chi connectivity index (χ1v) is 11.6. The summed E-state index contributed by atoms with van der Waals surface area (Å²) in [5, 5.41) is 0. The molecule has 0 aromatic heterocycles. The number of hydrogen-bond donors (Lipinski definition) is 1. The van der Waals surface area contributed by atoms with Crippen LogP contribution in [0.4, 0.5) is 26.3 Å². The molecule has 1 saturated carbocycles. The molecule has 1 aromatic carbocycles. The fraction of sp³-hybridized carbons (Fsp3) is 0.423. The van der Waals surface area contributed by atoms with E-state index in [1.807, 2.05) is 0 Å². The van der Waals surface area contributed by atoms with Gasteiger partial charge in [-0.25, -0.2) is 10.3 Å². The number of benzene rings is 1. The summed E-state index contributed by atoms with van der Waals surface area (Å²) in [4.78, 5) is 17.2. The topological polar surface area (TPSA) is 56.8 Å². The third-order valence-electron chi connectivity index (χ3n) is 5.96. The van der Waals surface area contributed by atoms with E-state index in [2.05, 4.69) is 16.9 Å². The van der Waals surface area contributed by atoms with Gasteiger partial charge in [0.05, 0.1) is 23.8 Å². The minimum absolute atomic E-state index is 0.0856. The molecule has 198 valence electrons. The van der Waals surface area contributed by atoms with Crippen molar-refractivity contribution in [2.24, 2.45) is 0 Å². The first kappa shape index (κ1) is 27.0. The van der Waals surface area contributed by atoms with Gasteiger partial charge in [-0.2, -0.15) is 26.3 Å². The Morgan fingerprint density at radius 2 is 1.78 bits per heavy atom. The van der Waals surface area contributed by atoms with Crippen molar-refractivity contribution >= 4 is 5.91 Å². The average Bonchev–Trinajstić information content (AvgIpc) is 3.26. The Labute approximate surface area is 208 Å². The molecule has 1 aliphatic heterocycles. The van der Waals surface area contributed by atoms with Crippen molar-refractivity contribution in [2.75, 3.05) is 6.61 Å². The molecule has 1 aromatic rings. The molecule has 11 heteroatoms. The third kappa shape index (κ3) is 7.25. The standard InChI is InChI=1S/C26H23F6NO4/c27-25(28,29)19-12-17(13-20(14-19)26(30,31)32)15-36-22-8-6-18-11-16(4-7-21(18)22)5-9-23(34)33-37-24-3-1-2-10-35-24/h5,9,11-14,22,24H,1-3,6,8,10,15H2,(H,33,34)/b9-5+. The summed E-state index contributed by atoms with van der Waals surface area (Å²) < 4.78 is 89.6. The van der Waals surface area contributed by atoms with Gasteiger partial charge in [-0.05, 0) is 67.2 Å². The molecule has 37 heavy (non-hydrogen) atoms. The van der Waals surface area contributed by atoms with E-state index in [1.54, 1.807) is 6.08 Å². The second kappa shape index (κ2) is 11.1. The van der Waals surface area contributed by atoms with E-state index in [-0.39, 0.29) is 11.6 Å². The van der Waals surface area contributed by atoms with E-state index in [9.17, 15) is 31.1 Å². The maximum Gasteiger partial charge on any atom is 0.416 e. The lowest BCUT2D eigenvalue weighted by molar-refractivity contribution is -0.198. The molecule has 0 spiro atoms. The normalized spacial score (nSPS) is 21.9. The number of allylic oxidation sites excluding steroid dienone is 3. The zero-order valence-electron chi connectivity index (χ0n) is 19.5. The minimum Gasteiger partial charge on any atom is -0.368 e. The van der Waals surface area contributed by atoms with E-state index < -0.39 is 48.4 Å². The van der Waals surface area contributed by atoms with E-state index >= 15 is 0 Å². The summed E-state index contributed by atoms with van der Waals surface area (Å²) >= 11 is 0. The summed E-state index contributed by atoms with van der Waals surface area (Å²) in [7, 11) is 0. The van der Waals surface area contributed by atoms with Crippen molar-refractivity contribution in [2.45, 2.75) is 63.5 Å². The maximum absolute atomic E-state index is 13.1. The second-order valence-corrected chi connectivity index (χ2v) is 8.75. The van der Waals surface area contributed by atoms with E-state index in [1.165, 1.54) is 12.2 Å². The fourth-order valence-corrected chi connectivity index (χ4v) is 4.13. The van der Waals surface area contributed by atoms with E-state index in [4.69, 9.17) is 14.3 Å². The van der Waals surface area contributed by atoms with Crippen LogP contribution in [-0.2, 0) is 38.1 Å². The second-order valence-electron chi connectivity index (χ2n) is 8.75.